The van der Waals surface area contributed by atoms with E-state index >= 15 is 0 Å². The average molecular weight is 286 g/mol. The van der Waals surface area contributed by atoms with Crippen LogP contribution in [0, 0.1) is 0 Å². The molecule has 4 heteroatoms. The molecule has 0 unspecified atom stereocenters. The Balaban J connectivity index is 1.52. The van der Waals surface area contributed by atoms with Crippen LogP contribution in [0.4, 0.5) is 0 Å². The van der Waals surface area contributed by atoms with E-state index < -0.39 is 0 Å². The minimum absolute atomic E-state index is 0.509. The molecule has 21 heavy (non-hydrogen) atoms. The van der Waals surface area contributed by atoms with Gasteiger partial charge in [-0.15, -0.1) is 0 Å². The van der Waals surface area contributed by atoms with Crippen LogP contribution in [0.5, 0.6) is 5.75 Å². The van der Waals surface area contributed by atoms with Crippen LogP contribution < -0.4 is 10.5 Å². The Bertz CT molecular complexity index is 550. The van der Waals surface area contributed by atoms with E-state index in [2.05, 4.69) is 4.90 Å². The van der Waals surface area contributed by atoms with Crippen LogP contribution in [0.3, 0.4) is 0 Å². The lowest BCUT2D eigenvalue weighted by Crippen LogP contribution is -2.30. The molecule has 0 bridgehead atoms. The van der Waals surface area contributed by atoms with Gasteiger partial charge >= 0.3 is 0 Å². The van der Waals surface area contributed by atoms with Crippen LogP contribution in [0.2, 0.25) is 0 Å². The van der Waals surface area contributed by atoms with Crippen molar-refractivity contribution in [3.63, 3.8) is 0 Å². The van der Waals surface area contributed by atoms with Crippen LogP contribution in [0.1, 0.15) is 24.2 Å². The highest BCUT2D eigenvalue weighted by Crippen LogP contribution is 2.28. The number of benzene rings is 1. The van der Waals surface area contributed by atoms with Crippen LogP contribution in [0.15, 0.2) is 47.1 Å². The molecule has 0 radical (unpaired) electrons. The lowest BCUT2D eigenvalue weighted by molar-refractivity contribution is 0.184. The van der Waals surface area contributed by atoms with Gasteiger partial charge in [-0.1, -0.05) is 18.2 Å². The van der Waals surface area contributed by atoms with Crippen LogP contribution in [-0.2, 0) is 13.1 Å². The smallest absolute Gasteiger partial charge is 0.123 e. The third-order valence-corrected chi connectivity index (χ3v) is 3.83. The summed E-state index contributed by atoms with van der Waals surface area (Å²) >= 11 is 0. The number of furan rings is 1. The first-order valence-electron chi connectivity index (χ1n) is 7.54. The van der Waals surface area contributed by atoms with Crippen molar-refractivity contribution in [3.05, 3.63) is 54.0 Å². The minimum Gasteiger partial charge on any atom is -0.492 e. The first-order chi connectivity index (χ1) is 10.4. The number of ether oxygens (including phenoxy) is 1. The Hall–Kier alpha value is -1.78. The van der Waals surface area contributed by atoms with Gasteiger partial charge in [0, 0.05) is 24.7 Å². The molecule has 0 aliphatic heterocycles. The quantitative estimate of drug-likeness (QED) is 0.810. The van der Waals surface area contributed by atoms with Gasteiger partial charge < -0.3 is 14.9 Å². The summed E-state index contributed by atoms with van der Waals surface area (Å²) in [6.45, 7) is 2.95. The van der Waals surface area contributed by atoms with E-state index in [1.54, 1.807) is 6.26 Å². The standard InChI is InChI=1S/C17H22N2O2/c18-12-14-4-1-2-6-17(14)21-11-9-19(15-7-8-15)13-16-5-3-10-20-16/h1-6,10,15H,7-9,11-13,18H2. The molecule has 1 aromatic heterocycles. The molecule has 1 aliphatic carbocycles. The molecule has 112 valence electrons. The molecule has 1 aliphatic rings. The molecule has 3 rings (SSSR count). The van der Waals surface area contributed by atoms with E-state index in [9.17, 15) is 0 Å². The van der Waals surface area contributed by atoms with Crippen LogP contribution in [-0.4, -0.2) is 24.1 Å². The summed E-state index contributed by atoms with van der Waals surface area (Å²) < 4.78 is 11.3. The maximum absolute atomic E-state index is 5.90. The third kappa shape index (κ3) is 3.86. The number of rotatable bonds is 8. The summed E-state index contributed by atoms with van der Waals surface area (Å²) in [5.41, 5.74) is 6.78. The van der Waals surface area contributed by atoms with Crippen molar-refractivity contribution in [3.8, 4) is 5.75 Å². The Kier molecular flexibility index (Phi) is 4.58. The number of hydrogen-bond donors (Lipinski definition) is 1. The molecular weight excluding hydrogens is 264 g/mol. The fraction of sp³-hybridized carbons (Fsp3) is 0.412. The monoisotopic (exact) mass is 286 g/mol. The molecule has 4 nitrogen and oxygen atoms in total. The highest BCUT2D eigenvalue weighted by molar-refractivity contribution is 5.32. The van der Waals surface area contributed by atoms with Crippen molar-refractivity contribution in [2.24, 2.45) is 5.73 Å². The maximum Gasteiger partial charge on any atom is 0.123 e. The summed E-state index contributed by atoms with van der Waals surface area (Å²) in [6, 6.07) is 12.6. The predicted octanol–water partition coefficient (Wildman–Crippen LogP) is 2.78. The zero-order valence-electron chi connectivity index (χ0n) is 12.2. The second-order valence-electron chi connectivity index (χ2n) is 5.44. The summed E-state index contributed by atoms with van der Waals surface area (Å²) in [6.07, 6.45) is 4.29. The Morgan fingerprint density at radius 3 is 2.76 bits per heavy atom. The molecule has 0 amide bonds. The largest absolute Gasteiger partial charge is 0.492 e. The van der Waals surface area contributed by atoms with E-state index in [-0.39, 0.29) is 0 Å². The van der Waals surface area contributed by atoms with Gasteiger partial charge in [0.05, 0.1) is 12.8 Å². The molecule has 0 atom stereocenters. The molecule has 1 saturated carbocycles. The Morgan fingerprint density at radius 1 is 1.19 bits per heavy atom. The van der Waals surface area contributed by atoms with E-state index in [4.69, 9.17) is 14.9 Å². The fourth-order valence-electron chi connectivity index (χ4n) is 2.52. The van der Waals surface area contributed by atoms with E-state index in [0.717, 1.165) is 30.2 Å². The van der Waals surface area contributed by atoms with Gasteiger partial charge in [-0.2, -0.15) is 0 Å². The van der Waals surface area contributed by atoms with Crippen molar-refractivity contribution in [1.82, 2.24) is 4.90 Å². The SMILES string of the molecule is NCc1ccccc1OCCN(Cc1ccco1)C1CC1. The molecule has 2 aromatic rings. The highest BCUT2D eigenvalue weighted by atomic mass is 16.5. The van der Waals surface area contributed by atoms with Crippen LogP contribution >= 0.6 is 0 Å². The number of nitrogens with zero attached hydrogens (tertiary/aromatic N) is 1. The normalized spacial score (nSPS) is 14.6. The summed E-state index contributed by atoms with van der Waals surface area (Å²) in [7, 11) is 0. The molecule has 1 fully saturated rings. The van der Waals surface area contributed by atoms with Gasteiger partial charge in [0.2, 0.25) is 0 Å². The van der Waals surface area contributed by atoms with Crippen molar-refractivity contribution < 1.29 is 9.15 Å². The second-order valence-corrected chi connectivity index (χ2v) is 5.44. The van der Waals surface area contributed by atoms with Gasteiger partial charge in [-0.3, -0.25) is 4.90 Å². The van der Waals surface area contributed by atoms with Crippen molar-refractivity contribution >= 4 is 0 Å². The predicted molar refractivity (Wildman–Crippen MR) is 82.0 cm³/mol. The van der Waals surface area contributed by atoms with Crippen molar-refractivity contribution in [1.29, 1.82) is 0 Å². The first kappa shape index (κ1) is 14.2. The fourth-order valence-corrected chi connectivity index (χ4v) is 2.52. The zero-order valence-corrected chi connectivity index (χ0v) is 12.2. The summed E-state index contributed by atoms with van der Waals surface area (Å²) in [5, 5.41) is 0. The molecule has 0 spiro atoms. The zero-order chi connectivity index (χ0) is 14.5. The molecule has 1 aromatic carbocycles. The number of nitrogens with two attached hydrogens (primary N) is 1. The first-order valence-corrected chi connectivity index (χ1v) is 7.54. The van der Waals surface area contributed by atoms with Gasteiger partial charge in [0.25, 0.3) is 0 Å². The molecular formula is C17H22N2O2. The van der Waals surface area contributed by atoms with Crippen molar-refractivity contribution in [2.75, 3.05) is 13.2 Å². The van der Waals surface area contributed by atoms with Gasteiger partial charge in [0.15, 0.2) is 0 Å². The van der Waals surface area contributed by atoms with Gasteiger partial charge in [0.1, 0.15) is 18.1 Å². The molecule has 0 saturated heterocycles. The Morgan fingerprint density at radius 2 is 2.05 bits per heavy atom. The molecule has 2 N–H and O–H groups in total. The highest BCUT2D eigenvalue weighted by Gasteiger charge is 2.29. The molecule has 1 heterocycles. The van der Waals surface area contributed by atoms with Gasteiger partial charge in [-0.05, 0) is 31.0 Å². The number of hydrogen-bond acceptors (Lipinski definition) is 4. The van der Waals surface area contributed by atoms with Gasteiger partial charge in [-0.25, -0.2) is 0 Å². The van der Waals surface area contributed by atoms with Crippen LogP contribution in [0.25, 0.3) is 0 Å². The number of para-hydroxylation sites is 1. The lowest BCUT2D eigenvalue weighted by atomic mass is 10.2. The van der Waals surface area contributed by atoms with E-state index in [1.807, 2.05) is 36.4 Å². The lowest BCUT2D eigenvalue weighted by Gasteiger charge is -2.21. The second kappa shape index (κ2) is 6.78. The summed E-state index contributed by atoms with van der Waals surface area (Å²) in [4.78, 5) is 2.43. The Labute approximate surface area is 125 Å². The minimum atomic E-state index is 0.509. The topological polar surface area (TPSA) is 51.6 Å². The van der Waals surface area contributed by atoms with E-state index in [1.165, 1.54) is 12.8 Å². The third-order valence-electron chi connectivity index (χ3n) is 3.83. The summed E-state index contributed by atoms with van der Waals surface area (Å²) in [5.74, 6) is 1.91. The van der Waals surface area contributed by atoms with E-state index in [0.29, 0.717) is 19.2 Å². The maximum atomic E-state index is 5.90. The van der Waals surface area contributed by atoms with Crippen molar-refractivity contribution in [2.45, 2.75) is 32.0 Å². The average Bonchev–Trinajstić information content (AvgIpc) is 3.24.